The van der Waals surface area contributed by atoms with Gasteiger partial charge in [-0.2, -0.15) is 0 Å². The fourth-order valence-corrected chi connectivity index (χ4v) is 3.25. The number of nitrogens with one attached hydrogen (secondary N) is 1. The van der Waals surface area contributed by atoms with Gasteiger partial charge in [0.2, 0.25) is 0 Å². The van der Waals surface area contributed by atoms with Gasteiger partial charge in [-0.3, -0.25) is 0 Å². The van der Waals surface area contributed by atoms with Crippen molar-refractivity contribution in [1.82, 2.24) is 0 Å². The molecule has 0 atom stereocenters. The maximum atomic E-state index is 13.8. The average Bonchev–Trinajstić information content (AvgIpc) is 2.37. The Morgan fingerprint density at radius 3 is 2.35 bits per heavy atom. The van der Waals surface area contributed by atoms with Gasteiger partial charge < -0.3 is 5.32 Å². The van der Waals surface area contributed by atoms with E-state index in [1.54, 1.807) is 6.07 Å². The molecule has 1 aromatic carbocycles. The molecule has 20 heavy (non-hydrogen) atoms. The molecule has 0 bridgehead atoms. The molecular formula is C18H28FN. The summed E-state index contributed by atoms with van der Waals surface area (Å²) in [5.74, 6) is 1.40. The van der Waals surface area contributed by atoms with Gasteiger partial charge in [0.15, 0.2) is 0 Å². The lowest BCUT2D eigenvalue weighted by atomic mass is 9.70. The summed E-state index contributed by atoms with van der Waals surface area (Å²) in [7, 11) is 0. The number of aryl methyl sites for hydroxylation is 1. The van der Waals surface area contributed by atoms with Crippen LogP contribution in [0.2, 0.25) is 0 Å². The average molecular weight is 277 g/mol. The van der Waals surface area contributed by atoms with E-state index in [1.807, 2.05) is 19.1 Å². The minimum absolute atomic E-state index is 0.131. The van der Waals surface area contributed by atoms with Crippen LogP contribution in [0, 0.1) is 30.0 Å². The Kier molecular flexibility index (Phi) is 4.72. The molecule has 0 amide bonds. The van der Waals surface area contributed by atoms with Crippen LogP contribution in [0.3, 0.4) is 0 Å². The lowest BCUT2D eigenvalue weighted by Crippen LogP contribution is -2.28. The monoisotopic (exact) mass is 277 g/mol. The molecule has 0 spiro atoms. The SMILES string of the molecule is Cc1ccc(NCC2CCC(C(C)(C)C)CC2)c(F)c1. The topological polar surface area (TPSA) is 12.0 Å². The lowest BCUT2D eigenvalue weighted by molar-refractivity contribution is 0.153. The molecule has 1 aliphatic carbocycles. The summed E-state index contributed by atoms with van der Waals surface area (Å²) in [6, 6.07) is 5.41. The van der Waals surface area contributed by atoms with E-state index >= 15 is 0 Å². The fraction of sp³-hybridized carbons (Fsp3) is 0.667. The van der Waals surface area contributed by atoms with Gasteiger partial charge in [-0.25, -0.2) is 4.39 Å². The summed E-state index contributed by atoms with van der Waals surface area (Å²) in [5, 5.41) is 3.29. The smallest absolute Gasteiger partial charge is 0.146 e. The first kappa shape index (κ1) is 15.3. The molecule has 1 aromatic rings. The van der Waals surface area contributed by atoms with Crippen molar-refractivity contribution in [2.24, 2.45) is 17.3 Å². The highest BCUT2D eigenvalue weighted by atomic mass is 19.1. The quantitative estimate of drug-likeness (QED) is 0.780. The molecule has 1 aliphatic rings. The minimum Gasteiger partial charge on any atom is -0.382 e. The summed E-state index contributed by atoms with van der Waals surface area (Å²) in [5.41, 5.74) is 2.05. The number of halogens is 1. The third-order valence-electron chi connectivity index (χ3n) is 4.78. The number of anilines is 1. The number of hydrogen-bond acceptors (Lipinski definition) is 1. The zero-order chi connectivity index (χ0) is 14.8. The first-order valence-corrected chi connectivity index (χ1v) is 7.86. The highest BCUT2D eigenvalue weighted by Crippen LogP contribution is 2.39. The third-order valence-corrected chi connectivity index (χ3v) is 4.78. The molecule has 0 aliphatic heterocycles. The zero-order valence-corrected chi connectivity index (χ0v) is 13.3. The van der Waals surface area contributed by atoms with E-state index < -0.39 is 0 Å². The Balaban J connectivity index is 1.82. The van der Waals surface area contributed by atoms with Crippen molar-refractivity contribution in [3.63, 3.8) is 0 Å². The number of rotatable bonds is 3. The standard InChI is InChI=1S/C18H28FN/c1-13-5-10-17(16(19)11-13)20-12-14-6-8-15(9-7-14)18(2,3)4/h5,10-11,14-15,20H,6-9,12H2,1-4H3. The van der Waals surface area contributed by atoms with Gasteiger partial charge in [-0.1, -0.05) is 26.8 Å². The van der Waals surface area contributed by atoms with Crippen LogP contribution in [0.25, 0.3) is 0 Å². The van der Waals surface area contributed by atoms with E-state index in [1.165, 1.54) is 25.7 Å². The van der Waals surface area contributed by atoms with Crippen LogP contribution in [-0.4, -0.2) is 6.54 Å². The van der Waals surface area contributed by atoms with Crippen LogP contribution in [0.4, 0.5) is 10.1 Å². The normalized spacial score (nSPS) is 23.6. The Bertz CT molecular complexity index is 439. The summed E-state index contributed by atoms with van der Waals surface area (Å²) in [6.07, 6.45) is 5.16. The van der Waals surface area contributed by atoms with Crippen molar-refractivity contribution in [3.05, 3.63) is 29.6 Å². The Labute approximate surface area is 123 Å². The molecule has 2 rings (SSSR count). The second kappa shape index (κ2) is 6.15. The maximum Gasteiger partial charge on any atom is 0.146 e. The van der Waals surface area contributed by atoms with E-state index in [2.05, 4.69) is 26.1 Å². The van der Waals surface area contributed by atoms with Crippen LogP contribution in [0.15, 0.2) is 18.2 Å². The number of hydrogen-bond donors (Lipinski definition) is 1. The molecule has 1 N–H and O–H groups in total. The summed E-state index contributed by atoms with van der Waals surface area (Å²) < 4.78 is 13.8. The second-order valence-corrected chi connectivity index (χ2v) is 7.45. The first-order valence-electron chi connectivity index (χ1n) is 7.86. The van der Waals surface area contributed by atoms with Gasteiger partial charge in [0, 0.05) is 6.54 Å². The van der Waals surface area contributed by atoms with Crippen molar-refractivity contribution in [2.45, 2.75) is 53.4 Å². The van der Waals surface area contributed by atoms with E-state index in [4.69, 9.17) is 0 Å². The molecule has 1 fully saturated rings. The highest BCUT2D eigenvalue weighted by Gasteiger charge is 2.29. The first-order chi connectivity index (χ1) is 9.36. The Hall–Kier alpha value is -1.05. The van der Waals surface area contributed by atoms with Crippen molar-refractivity contribution in [1.29, 1.82) is 0 Å². The van der Waals surface area contributed by atoms with E-state index in [0.29, 0.717) is 17.0 Å². The fourth-order valence-electron chi connectivity index (χ4n) is 3.25. The molecule has 0 saturated heterocycles. The molecule has 0 aromatic heterocycles. The summed E-state index contributed by atoms with van der Waals surface area (Å²) in [6.45, 7) is 9.85. The lowest BCUT2D eigenvalue weighted by Gasteiger charge is -2.37. The van der Waals surface area contributed by atoms with Gasteiger partial charge in [0.1, 0.15) is 5.82 Å². The summed E-state index contributed by atoms with van der Waals surface area (Å²) in [4.78, 5) is 0. The zero-order valence-electron chi connectivity index (χ0n) is 13.3. The largest absolute Gasteiger partial charge is 0.382 e. The van der Waals surface area contributed by atoms with E-state index in [0.717, 1.165) is 18.0 Å². The van der Waals surface area contributed by atoms with Crippen LogP contribution in [-0.2, 0) is 0 Å². The maximum absolute atomic E-state index is 13.8. The second-order valence-electron chi connectivity index (χ2n) is 7.45. The van der Waals surface area contributed by atoms with Crippen molar-refractivity contribution in [3.8, 4) is 0 Å². The van der Waals surface area contributed by atoms with Gasteiger partial charge >= 0.3 is 0 Å². The molecule has 0 heterocycles. The summed E-state index contributed by atoms with van der Waals surface area (Å²) >= 11 is 0. The molecule has 1 nitrogen and oxygen atoms in total. The van der Waals surface area contributed by atoms with Gasteiger partial charge in [0.25, 0.3) is 0 Å². The Morgan fingerprint density at radius 1 is 1.15 bits per heavy atom. The number of benzene rings is 1. The predicted molar refractivity (Wildman–Crippen MR) is 84.5 cm³/mol. The molecule has 2 heteroatoms. The van der Waals surface area contributed by atoms with Crippen molar-refractivity contribution < 1.29 is 4.39 Å². The molecule has 112 valence electrons. The van der Waals surface area contributed by atoms with Gasteiger partial charge in [-0.15, -0.1) is 0 Å². The van der Waals surface area contributed by atoms with Crippen LogP contribution in [0.1, 0.15) is 52.0 Å². The molecule has 0 radical (unpaired) electrons. The van der Waals surface area contributed by atoms with Gasteiger partial charge in [-0.05, 0) is 67.6 Å². The van der Waals surface area contributed by atoms with E-state index in [-0.39, 0.29) is 5.82 Å². The van der Waals surface area contributed by atoms with E-state index in [9.17, 15) is 4.39 Å². The van der Waals surface area contributed by atoms with Crippen molar-refractivity contribution >= 4 is 5.69 Å². The predicted octanol–water partition coefficient (Wildman–Crippen LogP) is 5.40. The molecule has 1 saturated carbocycles. The van der Waals surface area contributed by atoms with Gasteiger partial charge in [0.05, 0.1) is 5.69 Å². The third kappa shape index (κ3) is 3.97. The molecule has 0 unspecified atom stereocenters. The highest BCUT2D eigenvalue weighted by molar-refractivity contribution is 5.46. The minimum atomic E-state index is -0.131. The van der Waals surface area contributed by atoms with Crippen molar-refractivity contribution in [2.75, 3.05) is 11.9 Å². The van der Waals surface area contributed by atoms with Crippen LogP contribution >= 0.6 is 0 Å². The molecular weight excluding hydrogens is 249 g/mol. The van der Waals surface area contributed by atoms with Crippen LogP contribution in [0.5, 0.6) is 0 Å². The van der Waals surface area contributed by atoms with Crippen LogP contribution < -0.4 is 5.32 Å². The Morgan fingerprint density at radius 2 is 1.80 bits per heavy atom.